The lowest BCUT2D eigenvalue weighted by Gasteiger charge is -2.28. The average Bonchev–Trinajstić information content (AvgIpc) is 3.89. The molecule has 2 heterocycles. The summed E-state index contributed by atoms with van der Waals surface area (Å²) in [5, 5.41) is 4.11. The first-order chi connectivity index (χ1) is 26.5. The van der Waals surface area contributed by atoms with Crippen molar-refractivity contribution in [2.45, 2.75) is 19.3 Å². The van der Waals surface area contributed by atoms with Crippen LogP contribution in [0.2, 0.25) is 0 Å². The minimum absolute atomic E-state index is 0.143. The van der Waals surface area contributed by atoms with Gasteiger partial charge in [-0.3, -0.25) is 0 Å². The van der Waals surface area contributed by atoms with Gasteiger partial charge in [0.25, 0.3) is 0 Å². The third-order valence-electron chi connectivity index (χ3n) is 11.3. The van der Waals surface area contributed by atoms with Gasteiger partial charge >= 0.3 is 0 Å². The molecule has 4 nitrogen and oxygen atoms in total. The SMILES string of the molecule is CC1(C)c2ccccc2-c2ccc(N(c3ccc(-c4ccccc4)cc3)c3cccc4c3oc3c5ccccc5c(-c5nc6ccccc6o5)cc43)cc21. The van der Waals surface area contributed by atoms with Crippen molar-refractivity contribution in [3.8, 4) is 33.7 Å². The van der Waals surface area contributed by atoms with Gasteiger partial charge < -0.3 is 13.7 Å². The summed E-state index contributed by atoms with van der Waals surface area (Å²) in [5.74, 6) is 0.599. The van der Waals surface area contributed by atoms with Crippen LogP contribution in [0.4, 0.5) is 17.1 Å². The number of benzene rings is 8. The quantitative estimate of drug-likeness (QED) is 0.180. The maximum Gasteiger partial charge on any atom is 0.227 e. The van der Waals surface area contributed by atoms with Crippen molar-refractivity contribution >= 4 is 60.9 Å². The first-order valence-corrected chi connectivity index (χ1v) is 18.5. The number of nitrogens with zero attached hydrogens (tertiary/aromatic N) is 2. The minimum Gasteiger partial charge on any atom is -0.453 e. The molecule has 0 unspecified atom stereocenters. The van der Waals surface area contributed by atoms with E-state index in [-0.39, 0.29) is 5.41 Å². The Bertz CT molecular complexity index is 3050. The van der Waals surface area contributed by atoms with Gasteiger partial charge in [0.15, 0.2) is 11.2 Å². The number of hydrogen-bond acceptors (Lipinski definition) is 4. The summed E-state index contributed by atoms with van der Waals surface area (Å²) >= 11 is 0. The van der Waals surface area contributed by atoms with Crippen LogP contribution in [-0.2, 0) is 5.41 Å². The number of aromatic nitrogens is 1. The van der Waals surface area contributed by atoms with Crippen LogP contribution in [0.5, 0.6) is 0 Å². The Kier molecular flexibility index (Phi) is 6.56. The molecule has 0 atom stereocenters. The van der Waals surface area contributed by atoms with Gasteiger partial charge in [-0.25, -0.2) is 4.98 Å². The van der Waals surface area contributed by atoms with Crippen LogP contribution in [0.1, 0.15) is 25.0 Å². The van der Waals surface area contributed by atoms with Gasteiger partial charge in [0, 0.05) is 38.5 Å². The van der Waals surface area contributed by atoms with E-state index >= 15 is 0 Å². The van der Waals surface area contributed by atoms with Gasteiger partial charge in [-0.1, -0.05) is 135 Å². The first-order valence-electron chi connectivity index (χ1n) is 18.5. The number of hydrogen-bond donors (Lipinski definition) is 0. The summed E-state index contributed by atoms with van der Waals surface area (Å²) in [6, 6.07) is 60.1. The van der Waals surface area contributed by atoms with E-state index in [9.17, 15) is 0 Å². The third kappa shape index (κ3) is 4.53. The summed E-state index contributed by atoms with van der Waals surface area (Å²) in [5.41, 5.74) is 14.8. The molecule has 2 aromatic heterocycles. The lowest BCUT2D eigenvalue weighted by molar-refractivity contribution is 0.620. The third-order valence-corrected chi connectivity index (χ3v) is 11.3. The second-order valence-corrected chi connectivity index (χ2v) is 14.7. The molecule has 256 valence electrons. The topological polar surface area (TPSA) is 42.4 Å². The average molecular weight is 695 g/mol. The van der Waals surface area contributed by atoms with Gasteiger partial charge in [0.2, 0.25) is 5.89 Å². The Morgan fingerprint density at radius 2 is 1.13 bits per heavy atom. The van der Waals surface area contributed by atoms with Gasteiger partial charge in [0.1, 0.15) is 11.1 Å². The molecule has 0 saturated carbocycles. The Morgan fingerprint density at radius 3 is 1.98 bits per heavy atom. The second-order valence-electron chi connectivity index (χ2n) is 14.7. The fraction of sp³-hybridized carbons (Fsp3) is 0.0600. The molecule has 11 rings (SSSR count). The number of anilines is 3. The zero-order chi connectivity index (χ0) is 36.0. The molecular weight excluding hydrogens is 661 g/mol. The molecule has 0 N–H and O–H groups in total. The molecule has 10 aromatic rings. The van der Waals surface area contributed by atoms with E-state index in [4.69, 9.17) is 13.8 Å². The zero-order valence-corrected chi connectivity index (χ0v) is 29.9. The molecule has 54 heavy (non-hydrogen) atoms. The molecule has 0 fully saturated rings. The van der Waals surface area contributed by atoms with Gasteiger partial charge in [-0.05, 0) is 87.3 Å². The van der Waals surface area contributed by atoms with Crippen LogP contribution < -0.4 is 4.90 Å². The molecule has 0 bridgehead atoms. The van der Waals surface area contributed by atoms with Crippen molar-refractivity contribution in [2.75, 3.05) is 4.90 Å². The number of rotatable bonds is 5. The van der Waals surface area contributed by atoms with Crippen LogP contribution in [0.3, 0.4) is 0 Å². The summed E-state index contributed by atoms with van der Waals surface area (Å²) < 4.78 is 13.4. The van der Waals surface area contributed by atoms with Crippen molar-refractivity contribution in [3.05, 3.63) is 181 Å². The van der Waals surface area contributed by atoms with Crippen molar-refractivity contribution in [1.82, 2.24) is 4.98 Å². The number of oxazole rings is 1. The lowest BCUT2D eigenvalue weighted by Crippen LogP contribution is -2.16. The highest BCUT2D eigenvalue weighted by atomic mass is 16.3. The maximum absolute atomic E-state index is 7.06. The Hall–Kier alpha value is -6.91. The fourth-order valence-electron chi connectivity index (χ4n) is 8.64. The normalized spacial score (nSPS) is 13.1. The molecule has 4 heteroatoms. The van der Waals surface area contributed by atoms with Crippen molar-refractivity contribution in [1.29, 1.82) is 0 Å². The predicted octanol–water partition coefficient (Wildman–Crippen LogP) is 14.0. The minimum atomic E-state index is -0.143. The maximum atomic E-state index is 7.06. The van der Waals surface area contributed by atoms with E-state index in [0.717, 1.165) is 66.4 Å². The van der Waals surface area contributed by atoms with E-state index < -0.39 is 0 Å². The zero-order valence-electron chi connectivity index (χ0n) is 29.9. The smallest absolute Gasteiger partial charge is 0.227 e. The molecule has 1 aliphatic rings. The second kappa shape index (κ2) is 11.5. The fourth-order valence-corrected chi connectivity index (χ4v) is 8.64. The highest BCUT2D eigenvalue weighted by Crippen LogP contribution is 2.52. The summed E-state index contributed by atoms with van der Waals surface area (Å²) in [6.07, 6.45) is 0. The highest BCUT2D eigenvalue weighted by molar-refractivity contribution is 6.20. The van der Waals surface area contributed by atoms with E-state index in [1.54, 1.807) is 0 Å². The molecule has 0 aliphatic heterocycles. The summed E-state index contributed by atoms with van der Waals surface area (Å²) in [7, 11) is 0. The number of furan rings is 1. The van der Waals surface area contributed by atoms with Gasteiger partial charge in [0.05, 0.1) is 5.69 Å². The molecule has 0 amide bonds. The Balaban J connectivity index is 1.14. The van der Waals surface area contributed by atoms with E-state index in [0.29, 0.717) is 5.89 Å². The summed E-state index contributed by atoms with van der Waals surface area (Å²) in [6.45, 7) is 4.67. The van der Waals surface area contributed by atoms with Crippen LogP contribution in [0.15, 0.2) is 179 Å². The van der Waals surface area contributed by atoms with E-state index in [1.165, 1.54) is 33.4 Å². The van der Waals surface area contributed by atoms with Crippen LogP contribution >= 0.6 is 0 Å². The monoisotopic (exact) mass is 694 g/mol. The van der Waals surface area contributed by atoms with Crippen LogP contribution in [0, 0.1) is 0 Å². The molecular formula is C50H34N2O2. The first kappa shape index (κ1) is 30.7. The largest absolute Gasteiger partial charge is 0.453 e. The predicted molar refractivity (Wildman–Crippen MR) is 222 cm³/mol. The van der Waals surface area contributed by atoms with E-state index in [2.05, 4.69) is 164 Å². The van der Waals surface area contributed by atoms with Crippen LogP contribution in [-0.4, -0.2) is 4.98 Å². The summed E-state index contributed by atoms with van der Waals surface area (Å²) in [4.78, 5) is 7.26. The van der Waals surface area contributed by atoms with Crippen molar-refractivity contribution in [3.63, 3.8) is 0 Å². The lowest BCUT2D eigenvalue weighted by atomic mass is 9.82. The molecule has 0 saturated heterocycles. The number of fused-ring (bicyclic) bond motifs is 9. The van der Waals surface area contributed by atoms with Crippen molar-refractivity contribution in [2.24, 2.45) is 0 Å². The van der Waals surface area contributed by atoms with Gasteiger partial charge in [-0.15, -0.1) is 0 Å². The number of para-hydroxylation sites is 3. The standard InChI is InChI=1S/C50H34N2O2/c1-50(2)42-19-9-8-16-36(42)37-28-27-34(29-43(37)50)52(33-25-23-32(24-26-33)31-13-4-3-5-14-31)45-21-12-18-39-40-30-41(49-51-44-20-10-11-22-46(44)53-49)35-15-6-7-17-38(35)47(40)54-48(39)45/h3-30H,1-2H3. The van der Waals surface area contributed by atoms with E-state index in [1.807, 2.05) is 24.3 Å². The van der Waals surface area contributed by atoms with Gasteiger partial charge in [-0.2, -0.15) is 0 Å². The van der Waals surface area contributed by atoms with Crippen LogP contribution in [0.25, 0.3) is 77.5 Å². The highest BCUT2D eigenvalue weighted by Gasteiger charge is 2.36. The molecule has 8 aromatic carbocycles. The Morgan fingerprint density at radius 1 is 0.463 bits per heavy atom. The van der Waals surface area contributed by atoms with Crippen molar-refractivity contribution < 1.29 is 8.83 Å². The molecule has 0 spiro atoms. The molecule has 1 aliphatic carbocycles. The molecule has 0 radical (unpaired) electrons. The Labute approximate surface area is 312 Å².